The fraction of sp³-hybridized carbons (Fsp3) is 0.500. The molecule has 8 nitrogen and oxygen atoms in total. The van der Waals surface area contributed by atoms with E-state index in [2.05, 4.69) is 6.58 Å². The maximum atomic E-state index is 11.9. The third kappa shape index (κ3) is 5.63. The van der Waals surface area contributed by atoms with Crippen molar-refractivity contribution in [3.63, 3.8) is 0 Å². The molecule has 3 rings (SSSR count). The van der Waals surface area contributed by atoms with Crippen molar-refractivity contribution in [1.29, 1.82) is 0 Å². The van der Waals surface area contributed by atoms with Crippen LogP contribution in [0.3, 0.4) is 0 Å². The van der Waals surface area contributed by atoms with Crippen molar-refractivity contribution in [3.8, 4) is 0 Å². The first-order chi connectivity index (χ1) is 15.0. The molecule has 0 aliphatic carbocycles. The predicted octanol–water partition coefficient (Wildman–Crippen LogP) is 1.27. The molecule has 1 saturated heterocycles. The Bertz CT molecular complexity index is 858. The first kappa shape index (κ1) is 24.1. The van der Waals surface area contributed by atoms with Gasteiger partial charge in [0.25, 0.3) is 0 Å². The molecular formula is C24H30O8. The van der Waals surface area contributed by atoms with Crippen LogP contribution in [0, 0.1) is 5.92 Å². The van der Waals surface area contributed by atoms with Gasteiger partial charge in [0, 0.05) is 18.4 Å². The monoisotopic (exact) mass is 446 g/mol. The molecule has 8 atom stereocenters. The number of cyclic esters (lactones) is 2. The molecule has 0 aromatic heterocycles. The number of carbonyl (C=O) groups is 2. The molecule has 0 saturated carbocycles. The third-order valence-corrected chi connectivity index (χ3v) is 5.83. The quantitative estimate of drug-likeness (QED) is 0.412. The highest BCUT2D eigenvalue weighted by atomic mass is 16.6. The number of aliphatic hydroxyl groups excluding tert-OH is 3. The normalized spacial score (nSPS) is 42.3. The van der Waals surface area contributed by atoms with Gasteiger partial charge in [-0.3, -0.25) is 0 Å². The molecular weight excluding hydrogens is 416 g/mol. The molecule has 0 aromatic rings. The minimum atomic E-state index is -1.21. The minimum Gasteiger partial charge on any atom is -0.457 e. The van der Waals surface area contributed by atoms with Crippen LogP contribution in [0.5, 0.6) is 0 Å². The topological polar surface area (TPSA) is 123 Å². The van der Waals surface area contributed by atoms with Crippen molar-refractivity contribution in [2.45, 2.75) is 68.4 Å². The third-order valence-electron chi connectivity index (χ3n) is 5.83. The number of carbonyl (C=O) groups excluding carboxylic acids is 2. The largest absolute Gasteiger partial charge is 0.457 e. The Hall–Kier alpha value is -2.52. The second kappa shape index (κ2) is 9.54. The molecule has 8 unspecified atom stereocenters. The fourth-order valence-electron chi connectivity index (χ4n) is 3.94. The zero-order valence-electron chi connectivity index (χ0n) is 18.2. The summed E-state index contributed by atoms with van der Waals surface area (Å²) in [4.78, 5) is 23.4. The summed E-state index contributed by atoms with van der Waals surface area (Å²) in [5, 5.41) is 30.2. The summed E-state index contributed by atoms with van der Waals surface area (Å²) in [5.41, 5.74) is -1.71. The number of ether oxygens (including phenoxy) is 3. The van der Waals surface area contributed by atoms with Crippen LogP contribution in [-0.2, 0) is 23.8 Å². The first-order valence-electron chi connectivity index (χ1n) is 10.6. The summed E-state index contributed by atoms with van der Waals surface area (Å²) >= 11 is 0. The smallest absolute Gasteiger partial charge is 0.336 e. The average Bonchev–Trinajstić information content (AvgIpc) is 2.74. The maximum absolute atomic E-state index is 11.9. The number of esters is 2. The van der Waals surface area contributed by atoms with Gasteiger partial charge in [0.05, 0.1) is 0 Å². The highest BCUT2D eigenvalue weighted by molar-refractivity contribution is 5.83. The van der Waals surface area contributed by atoms with Crippen LogP contribution < -0.4 is 0 Å². The first-order valence-corrected chi connectivity index (χ1v) is 10.6. The van der Waals surface area contributed by atoms with Crippen LogP contribution in [0.25, 0.3) is 0 Å². The molecule has 1 fully saturated rings. The predicted molar refractivity (Wildman–Crippen MR) is 115 cm³/mol. The number of hydrogen-bond acceptors (Lipinski definition) is 8. The second-order valence-corrected chi connectivity index (χ2v) is 8.78. The molecule has 3 N–H and O–H groups in total. The van der Waals surface area contributed by atoms with E-state index < -0.39 is 53.7 Å². The van der Waals surface area contributed by atoms with Crippen molar-refractivity contribution in [3.05, 3.63) is 61.3 Å². The Labute approximate surface area is 187 Å². The lowest BCUT2D eigenvalue weighted by Gasteiger charge is -2.38. The molecule has 3 aliphatic heterocycles. The fourth-order valence-corrected chi connectivity index (χ4v) is 3.94. The van der Waals surface area contributed by atoms with E-state index in [-0.39, 0.29) is 5.92 Å². The van der Waals surface area contributed by atoms with Gasteiger partial charge in [-0.1, -0.05) is 30.4 Å². The van der Waals surface area contributed by atoms with Crippen LogP contribution in [0.4, 0.5) is 0 Å². The van der Waals surface area contributed by atoms with Gasteiger partial charge in [-0.15, -0.1) is 6.58 Å². The standard InChI is InChI=1S/C24H30O8/c1-4-15-14-24(3,32-22(29)21(15)28)11-5-6-19-17(26)9-12-23(2,31-19)13-10-18-16(25)7-8-20(27)30-18/h4-10,12-13,15-19,21,25-26,28H,1,11,14H2,2-3H3. The van der Waals surface area contributed by atoms with Crippen LogP contribution in [-0.4, -0.2) is 69.0 Å². The van der Waals surface area contributed by atoms with Gasteiger partial charge in [0.15, 0.2) is 6.10 Å². The Morgan fingerprint density at radius 1 is 1.12 bits per heavy atom. The van der Waals surface area contributed by atoms with Crippen LogP contribution >= 0.6 is 0 Å². The maximum Gasteiger partial charge on any atom is 0.336 e. The Balaban J connectivity index is 1.64. The second-order valence-electron chi connectivity index (χ2n) is 8.78. The molecule has 32 heavy (non-hydrogen) atoms. The number of aliphatic hydroxyl groups is 3. The summed E-state index contributed by atoms with van der Waals surface area (Å²) in [6.45, 7) is 7.24. The lowest BCUT2D eigenvalue weighted by molar-refractivity contribution is -0.183. The summed E-state index contributed by atoms with van der Waals surface area (Å²) in [5.74, 6) is -1.59. The van der Waals surface area contributed by atoms with Gasteiger partial charge >= 0.3 is 11.9 Å². The van der Waals surface area contributed by atoms with E-state index in [1.165, 1.54) is 12.2 Å². The van der Waals surface area contributed by atoms with Gasteiger partial charge < -0.3 is 29.5 Å². The van der Waals surface area contributed by atoms with E-state index in [1.54, 1.807) is 56.4 Å². The minimum absolute atomic E-state index is 0.370. The van der Waals surface area contributed by atoms with E-state index in [0.717, 1.165) is 0 Å². The summed E-state index contributed by atoms with van der Waals surface area (Å²) in [6.07, 6.45) is 10.4. The van der Waals surface area contributed by atoms with E-state index in [9.17, 15) is 24.9 Å². The van der Waals surface area contributed by atoms with Gasteiger partial charge in [-0.25, -0.2) is 9.59 Å². The number of rotatable bonds is 6. The SMILES string of the molecule is C=CC1CC(C)(CC=CC2OC(C)(C=CC3OC(=O)C=CC3O)C=CC2O)OC(=O)C1O. The molecule has 174 valence electrons. The van der Waals surface area contributed by atoms with E-state index in [1.807, 2.05) is 0 Å². The van der Waals surface area contributed by atoms with Crippen molar-refractivity contribution in [2.75, 3.05) is 0 Å². The highest BCUT2D eigenvalue weighted by Crippen LogP contribution is 2.34. The summed E-state index contributed by atoms with van der Waals surface area (Å²) < 4.78 is 16.5. The molecule has 0 radical (unpaired) electrons. The lowest BCUT2D eigenvalue weighted by Crippen LogP contribution is -2.47. The molecule has 0 amide bonds. The zero-order chi connectivity index (χ0) is 23.5. The van der Waals surface area contributed by atoms with E-state index in [4.69, 9.17) is 14.2 Å². The Morgan fingerprint density at radius 2 is 1.84 bits per heavy atom. The molecule has 8 heteroatoms. The van der Waals surface area contributed by atoms with Crippen LogP contribution in [0.1, 0.15) is 26.7 Å². The van der Waals surface area contributed by atoms with Crippen molar-refractivity contribution >= 4 is 11.9 Å². The van der Waals surface area contributed by atoms with Crippen molar-refractivity contribution in [1.82, 2.24) is 0 Å². The van der Waals surface area contributed by atoms with E-state index >= 15 is 0 Å². The lowest BCUT2D eigenvalue weighted by atomic mass is 9.83. The zero-order valence-corrected chi connectivity index (χ0v) is 18.2. The number of hydrogen-bond donors (Lipinski definition) is 3. The van der Waals surface area contributed by atoms with Crippen molar-refractivity contribution < 1.29 is 39.1 Å². The average molecular weight is 446 g/mol. The Kier molecular flexibility index (Phi) is 7.19. The van der Waals surface area contributed by atoms with Crippen LogP contribution in [0.15, 0.2) is 61.3 Å². The molecule has 0 aromatic carbocycles. The Morgan fingerprint density at radius 3 is 2.56 bits per heavy atom. The molecule has 3 aliphatic rings. The summed E-state index contributed by atoms with van der Waals surface area (Å²) in [6, 6.07) is 0. The molecule has 0 bridgehead atoms. The molecule has 0 spiro atoms. The van der Waals surface area contributed by atoms with E-state index in [0.29, 0.717) is 12.8 Å². The van der Waals surface area contributed by atoms with Gasteiger partial charge in [-0.05, 0) is 38.5 Å². The van der Waals surface area contributed by atoms with Crippen molar-refractivity contribution in [2.24, 2.45) is 5.92 Å². The van der Waals surface area contributed by atoms with Gasteiger partial charge in [0.1, 0.15) is 35.6 Å². The molecule has 3 heterocycles. The van der Waals surface area contributed by atoms with Crippen LogP contribution in [0.2, 0.25) is 0 Å². The highest BCUT2D eigenvalue weighted by Gasteiger charge is 2.42. The summed E-state index contributed by atoms with van der Waals surface area (Å²) in [7, 11) is 0. The van der Waals surface area contributed by atoms with Gasteiger partial charge in [0.2, 0.25) is 0 Å². The van der Waals surface area contributed by atoms with Gasteiger partial charge in [-0.2, -0.15) is 0 Å².